The van der Waals surface area contributed by atoms with Gasteiger partial charge in [-0.2, -0.15) is 0 Å². The number of nitrogens with zero attached hydrogens (tertiary/aromatic N) is 2. The lowest BCUT2D eigenvalue weighted by atomic mass is 9.57. The van der Waals surface area contributed by atoms with Gasteiger partial charge >= 0.3 is 0 Å². The van der Waals surface area contributed by atoms with Crippen molar-refractivity contribution in [2.45, 2.75) is 46.5 Å². The van der Waals surface area contributed by atoms with Gasteiger partial charge in [-0.3, -0.25) is 0 Å². The van der Waals surface area contributed by atoms with E-state index in [4.69, 9.17) is 0 Å². The summed E-state index contributed by atoms with van der Waals surface area (Å²) < 4.78 is 14.8. The van der Waals surface area contributed by atoms with Crippen molar-refractivity contribution < 1.29 is 4.39 Å². The normalized spacial score (nSPS) is 33.9. The monoisotopic (exact) mass is 252 g/mol. The average Bonchev–Trinajstić information content (AvgIpc) is 3.11. The van der Waals surface area contributed by atoms with Crippen LogP contribution in [0.2, 0.25) is 0 Å². The predicted molar refractivity (Wildman–Crippen MR) is 74.2 cm³/mol. The largest absolute Gasteiger partial charge is 0.366 e. The minimum Gasteiger partial charge on any atom is -0.366 e. The number of allylic oxidation sites excluding steroid dienone is 2. The summed E-state index contributed by atoms with van der Waals surface area (Å²) in [4.78, 5) is 6.34. The highest BCUT2D eigenvalue weighted by Crippen LogP contribution is 2.64. The van der Waals surface area contributed by atoms with Crippen LogP contribution in [0.25, 0.3) is 0 Å². The second-order valence-electron chi connectivity index (χ2n) is 6.21. The van der Waals surface area contributed by atoms with E-state index in [1.54, 1.807) is 0 Å². The van der Waals surface area contributed by atoms with Crippen LogP contribution in [0.4, 0.5) is 4.39 Å². The Morgan fingerprint density at radius 2 is 1.83 bits per heavy atom. The summed E-state index contributed by atoms with van der Waals surface area (Å²) in [6.45, 7) is 5.93. The summed E-state index contributed by atoms with van der Waals surface area (Å²) in [5, 5.41) is 0. The second kappa shape index (κ2) is 4.67. The lowest BCUT2D eigenvalue weighted by Gasteiger charge is -2.48. The van der Waals surface area contributed by atoms with E-state index < -0.39 is 0 Å². The van der Waals surface area contributed by atoms with Crippen LogP contribution >= 0.6 is 0 Å². The van der Waals surface area contributed by atoms with Crippen molar-refractivity contribution in [1.29, 1.82) is 0 Å². The van der Waals surface area contributed by atoms with Crippen molar-refractivity contribution in [3.05, 3.63) is 11.5 Å². The lowest BCUT2D eigenvalue weighted by molar-refractivity contribution is 0.0335. The third-order valence-corrected chi connectivity index (χ3v) is 4.88. The maximum atomic E-state index is 14.8. The molecule has 0 bridgehead atoms. The summed E-state index contributed by atoms with van der Waals surface area (Å²) in [6, 6.07) is 0. The van der Waals surface area contributed by atoms with Gasteiger partial charge in [-0.15, -0.1) is 0 Å². The van der Waals surface area contributed by atoms with E-state index in [1.165, 1.54) is 12.8 Å². The maximum absolute atomic E-state index is 14.8. The first kappa shape index (κ1) is 13.6. The summed E-state index contributed by atoms with van der Waals surface area (Å²) in [6.07, 6.45) is 4.56. The van der Waals surface area contributed by atoms with E-state index in [0.29, 0.717) is 17.5 Å². The van der Waals surface area contributed by atoms with Gasteiger partial charge in [0.25, 0.3) is 0 Å². The van der Waals surface area contributed by atoms with Crippen LogP contribution in [-0.4, -0.2) is 24.8 Å². The topological polar surface area (TPSA) is 15.6 Å². The smallest absolute Gasteiger partial charge is 0.128 e. The Morgan fingerprint density at radius 1 is 1.22 bits per heavy atom. The Kier molecular flexibility index (Phi) is 3.52. The van der Waals surface area contributed by atoms with Crippen LogP contribution in [0, 0.1) is 17.3 Å². The van der Waals surface area contributed by atoms with Crippen LogP contribution in [0.15, 0.2) is 16.5 Å². The average molecular weight is 252 g/mol. The molecule has 0 heterocycles. The van der Waals surface area contributed by atoms with Crippen molar-refractivity contribution in [3.63, 3.8) is 0 Å². The van der Waals surface area contributed by atoms with Crippen molar-refractivity contribution in [3.8, 4) is 0 Å². The lowest BCUT2D eigenvalue weighted by Crippen LogP contribution is -2.41. The molecule has 18 heavy (non-hydrogen) atoms. The van der Waals surface area contributed by atoms with Crippen molar-refractivity contribution >= 4 is 5.84 Å². The molecule has 0 amide bonds. The molecule has 2 aliphatic carbocycles. The predicted octanol–water partition coefficient (Wildman–Crippen LogP) is 3.99. The zero-order valence-electron chi connectivity index (χ0n) is 12.3. The molecule has 0 saturated heterocycles. The molecule has 102 valence electrons. The van der Waals surface area contributed by atoms with Crippen molar-refractivity contribution in [1.82, 2.24) is 4.90 Å². The fourth-order valence-electron chi connectivity index (χ4n) is 3.18. The molecule has 0 aliphatic heterocycles. The third-order valence-electron chi connectivity index (χ3n) is 4.88. The highest BCUT2D eigenvalue weighted by Gasteiger charge is 2.57. The van der Waals surface area contributed by atoms with Crippen LogP contribution in [0.1, 0.15) is 46.5 Å². The molecule has 0 aromatic carbocycles. The quantitative estimate of drug-likeness (QED) is 0.547. The van der Waals surface area contributed by atoms with Crippen LogP contribution in [0.5, 0.6) is 0 Å². The molecule has 0 aromatic heterocycles. The first-order valence-electron chi connectivity index (χ1n) is 6.99. The molecule has 2 atom stereocenters. The van der Waals surface area contributed by atoms with Crippen molar-refractivity contribution in [2.24, 2.45) is 22.2 Å². The first-order valence-corrected chi connectivity index (χ1v) is 6.99. The fourth-order valence-corrected chi connectivity index (χ4v) is 3.18. The molecule has 0 radical (unpaired) electrons. The summed E-state index contributed by atoms with van der Waals surface area (Å²) >= 11 is 0. The van der Waals surface area contributed by atoms with E-state index in [1.807, 2.05) is 32.8 Å². The molecular formula is C15H25FN2. The van der Waals surface area contributed by atoms with E-state index in [-0.39, 0.29) is 11.2 Å². The third kappa shape index (κ3) is 2.08. The molecular weight excluding hydrogens is 227 g/mol. The molecule has 2 nitrogen and oxygen atoms in total. The van der Waals surface area contributed by atoms with Crippen LogP contribution in [-0.2, 0) is 0 Å². The Balaban J connectivity index is 2.28. The number of amidine groups is 1. The maximum Gasteiger partial charge on any atom is 0.128 e. The summed E-state index contributed by atoms with van der Waals surface area (Å²) in [5.74, 6) is 1.98. The van der Waals surface area contributed by atoms with Gasteiger partial charge in [-0.25, -0.2) is 9.38 Å². The Labute approximate surface area is 110 Å². The molecule has 3 heteroatoms. The number of hydrogen-bond acceptors (Lipinski definition) is 1. The zero-order valence-corrected chi connectivity index (χ0v) is 12.3. The van der Waals surface area contributed by atoms with E-state index >= 15 is 0 Å². The fraction of sp³-hybridized carbons (Fsp3) is 0.800. The van der Waals surface area contributed by atoms with E-state index in [0.717, 1.165) is 18.7 Å². The number of aliphatic imine (C=N–C) groups is 1. The molecule has 2 unspecified atom stereocenters. The van der Waals surface area contributed by atoms with Crippen LogP contribution in [0.3, 0.4) is 0 Å². The van der Waals surface area contributed by atoms with Gasteiger partial charge in [0, 0.05) is 19.5 Å². The number of hydrogen-bond donors (Lipinski definition) is 0. The minimum absolute atomic E-state index is 0.0601. The molecule has 2 aliphatic rings. The first-order chi connectivity index (χ1) is 8.39. The minimum atomic E-state index is -0.166. The summed E-state index contributed by atoms with van der Waals surface area (Å²) in [5.41, 5.74) is 0.417. The van der Waals surface area contributed by atoms with E-state index in [2.05, 4.69) is 11.9 Å². The van der Waals surface area contributed by atoms with Gasteiger partial charge in [0.05, 0.1) is 5.70 Å². The number of halogens is 1. The summed E-state index contributed by atoms with van der Waals surface area (Å²) in [7, 11) is 3.87. The van der Waals surface area contributed by atoms with Crippen LogP contribution < -0.4 is 0 Å². The Morgan fingerprint density at radius 3 is 2.17 bits per heavy atom. The van der Waals surface area contributed by atoms with Gasteiger partial charge < -0.3 is 4.90 Å². The highest BCUT2D eigenvalue weighted by molar-refractivity contribution is 5.80. The van der Waals surface area contributed by atoms with Crippen molar-refractivity contribution in [2.75, 3.05) is 14.1 Å². The Bertz CT molecular complexity index is 389. The molecule has 0 N–H and O–H groups in total. The molecule has 2 fully saturated rings. The molecule has 0 spiro atoms. The standard InChI is InChI=1S/C15H25FN2/c1-10-8-9-15(10,13-6-7-13)14(16)11(2)17-12(3)18(4)5/h10,13H,6-9H2,1-5H3/b14-11+,17-12?. The molecule has 0 aromatic rings. The highest BCUT2D eigenvalue weighted by atomic mass is 19.1. The van der Waals surface area contributed by atoms with Gasteiger partial charge in [-0.05, 0) is 51.4 Å². The molecule has 2 saturated carbocycles. The molecule has 2 rings (SSSR count). The Hall–Kier alpha value is -0.860. The van der Waals surface area contributed by atoms with Gasteiger partial charge in [0.1, 0.15) is 11.7 Å². The van der Waals surface area contributed by atoms with Gasteiger partial charge in [-0.1, -0.05) is 6.92 Å². The zero-order chi connectivity index (χ0) is 13.5. The SMILES string of the molecule is CC(=N/C(C)=C(/F)C1(C2CC2)CCC1C)N(C)C. The second-order valence-corrected chi connectivity index (χ2v) is 6.21. The van der Waals surface area contributed by atoms with E-state index in [9.17, 15) is 4.39 Å². The van der Waals surface area contributed by atoms with Gasteiger partial charge in [0.2, 0.25) is 0 Å². The number of rotatable bonds is 3. The van der Waals surface area contributed by atoms with Gasteiger partial charge in [0.15, 0.2) is 0 Å².